The van der Waals surface area contributed by atoms with Crippen molar-refractivity contribution in [2.45, 2.75) is 37.8 Å². The summed E-state index contributed by atoms with van der Waals surface area (Å²) < 4.78 is 153. The number of hydrogen-bond acceptors (Lipinski definition) is 4. The Hall–Kier alpha value is -0.713. The Labute approximate surface area is 140 Å². The standard InChI is InChI=1S/C10H13F11O4Si/c1-2-22-26(25-5-10(19,20)21,23-3-8(15,16)6(11)12)24-4-9(17,18)7(13)14/h6-7H,2-5H2,1H3. The minimum atomic E-state index is -5.56. The summed E-state index contributed by atoms with van der Waals surface area (Å²) in [6.45, 7) is -6.67. The normalized spacial score (nSPS) is 14.5. The summed E-state index contributed by atoms with van der Waals surface area (Å²) in [6, 6.07) is 0. The van der Waals surface area contributed by atoms with E-state index in [0.717, 1.165) is 6.92 Å². The Balaban J connectivity index is 5.41. The molecule has 0 amide bonds. The quantitative estimate of drug-likeness (QED) is 0.345. The molecule has 4 nitrogen and oxygen atoms in total. The average Bonchev–Trinajstić information content (AvgIpc) is 2.48. The van der Waals surface area contributed by atoms with Crippen molar-refractivity contribution in [1.82, 2.24) is 0 Å². The molecule has 0 unspecified atom stereocenters. The highest BCUT2D eigenvalue weighted by Gasteiger charge is 2.55. The molecule has 0 aliphatic rings. The Morgan fingerprint density at radius 3 is 1.27 bits per heavy atom. The molecule has 0 aliphatic heterocycles. The summed E-state index contributed by atoms with van der Waals surface area (Å²) in [6.07, 6.45) is -13.8. The molecular weight excluding hydrogens is 421 g/mol. The summed E-state index contributed by atoms with van der Waals surface area (Å²) >= 11 is 0. The van der Waals surface area contributed by atoms with E-state index in [1.54, 1.807) is 0 Å². The second kappa shape index (κ2) is 9.47. The minimum Gasteiger partial charge on any atom is -0.351 e. The van der Waals surface area contributed by atoms with Crippen molar-refractivity contribution in [3.05, 3.63) is 0 Å². The fourth-order valence-electron chi connectivity index (χ4n) is 1.09. The van der Waals surface area contributed by atoms with Gasteiger partial charge < -0.3 is 17.7 Å². The van der Waals surface area contributed by atoms with Gasteiger partial charge in [0.15, 0.2) is 0 Å². The van der Waals surface area contributed by atoms with E-state index in [1.807, 2.05) is 0 Å². The van der Waals surface area contributed by atoms with Crippen molar-refractivity contribution < 1.29 is 66.0 Å². The molecule has 0 aliphatic carbocycles. The maximum atomic E-state index is 12.9. The van der Waals surface area contributed by atoms with Crippen molar-refractivity contribution >= 4 is 9.05 Å². The third-order valence-electron chi connectivity index (χ3n) is 2.26. The SMILES string of the molecule is CCO[Si](OCC(F)(F)F)(OCC(F)(F)C(F)F)OCC(F)(F)C(F)F. The van der Waals surface area contributed by atoms with Gasteiger partial charge in [0.25, 0.3) is 0 Å². The average molecular weight is 434 g/mol. The molecule has 0 bridgehead atoms. The Morgan fingerprint density at radius 1 is 0.654 bits per heavy atom. The van der Waals surface area contributed by atoms with Crippen molar-refractivity contribution in [3.63, 3.8) is 0 Å². The Bertz CT molecular complexity index is 394. The highest BCUT2D eigenvalue weighted by molar-refractivity contribution is 6.53. The summed E-state index contributed by atoms with van der Waals surface area (Å²) in [7, 11) is -5.56. The molecule has 158 valence electrons. The van der Waals surface area contributed by atoms with Gasteiger partial charge >= 0.3 is 39.9 Å². The summed E-state index contributed by atoms with van der Waals surface area (Å²) in [4.78, 5) is 0. The molecule has 0 atom stereocenters. The van der Waals surface area contributed by atoms with E-state index >= 15 is 0 Å². The predicted molar refractivity (Wildman–Crippen MR) is 63.2 cm³/mol. The van der Waals surface area contributed by atoms with E-state index < -0.39 is 66.3 Å². The lowest BCUT2D eigenvalue weighted by Gasteiger charge is -2.30. The molecule has 0 radical (unpaired) electrons. The first-order valence-electron chi connectivity index (χ1n) is 6.51. The smallest absolute Gasteiger partial charge is 0.351 e. The highest BCUT2D eigenvalue weighted by atomic mass is 28.4. The van der Waals surface area contributed by atoms with Crippen LogP contribution < -0.4 is 0 Å². The fourth-order valence-corrected chi connectivity index (χ4v) is 3.02. The van der Waals surface area contributed by atoms with Crippen molar-refractivity contribution in [3.8, 4) is 0 Å². The van der Waals surface area contributed by atoms with Gasteiger partial charge in [-0.15, -0.1) is 0 Å². The van der Waals surface area contributed by atoms with Gasteiger partial charge in [-0.2, -0.15) is 30.7 Å². The first-order valence-corrected chi connectivity index (χ1v) is 8.15. The van der Waals surface area contributed by atoms with Crippen LogP contribution in [-0.2, 0) is 17.7 Å². The van der Waals surface area contributed by atoms with Crippen molar-refractivity contribution in [2.75, 3.05) is 26.4 Å². The topological polar surface area (TPSA) is 36.9 Å². The molecule has 0 aromatic heterocycles. The molecule has 0 aromatic carbocycles. The fraction of sp³-hybridized carbons (Fsp3) is 1.00. The molecule has 0 aromatic rings. The van der Waals surface area contributed by atoms with Gasteiger partial charge in [-0.25, -0.2) is 17.6 Å². The third-order valence-corrected chi connectivity index (χ3v) is 4.39. The number of halogens is 11. The molecule has 0 saturated heterocycles. The van der Waals surface area contributed by atoms with Crippen LogP contribution in [0.4, 0.5) is 48.3 Å². The van der Waals surface area contributed by atoms with Crippen LogP contribution in [0.5, 0.6) is 0 Å². The van der Waals surface area contributed by atoms with Crippen LogP contribution in [0, 0.1) is 0 Å². The first-order chi connectivity index (χ1) is 11.6. The molecule has 16 heteroatoms. The molecule has 26 heavy (non-hydrogen) atoms. The van der Waals surface area contributed by atoms with Gasteiger partial charge in [0.1, 0.15) is 19.8 Å². The largest absolute Gasteiger partial charge is 0.680 e. The molecule has 0 saturated carbocycles. The summed E-state index contributed by atoms with van der Waals surface area (Å²) in [5.74, 6) is -9.85. The van der Waals surface area contributed by atoms with E-state index in [-0.39, 0.29) is 0 Å². The predicted octanol–water partition coefficient (Wildman–Crippen LogP) is 3.87. The third kappa shape index (κ3) is 8.78. The number of alkyl halides is 11. The lowest BCUT2D eigenvalue weighted by molar-refractivity contribution is -0.203. The van der Waals surface area contributed by atoms with E-state index in [4.69, 9.17) is 0 Å². The minimum absolute atomic E-state index is 0.718. The zero-order chi connectivity index (χ0) is 20.8. The van der Waals surface area contributed by atoms with Gasteiger partial charge in [-0.05, 0) is 6.92 Å². The summed E-state index contributed by atoms with van der Waals surface area (Å²) in [5, 5.41) is 0. The highest BCUT2D eigenvalue weighted by Crippen LogP contribution is 2.29. The van der Waals surface area contributed by atoms with Gasteiger partial charge in [0, 0.05) is 6.61 Å². The monoisotopic (exact) mass is 434 g/mol. The van der Waals surface area contributed by atoms with Crippen LogP contribution in [0.25, 0.3) is 0 Å². The molecule has 0 N–H and O–H groups in total. The van der Waals surface area contributed by atoms with Crippen molar-refractivity contribution in [2.24, 2.45) is 0 Å². The van der Waals surface area contributed by atoms with Gasteiger partial charge in [-0.3, -0.25) is 0 Å². The maximum Gasteiger partial charge on any atom is 0.680 e. The Morgan fingerprint density at radius 2 is 1.00 bits per heavy atom. The van der Waals surface area contributed by atoms with Gasteiger partial charge in [0.05, 0.1) is 0 Å². The van der Waals surface area contributed by atoms with Crippen LogP contribution in [0.3, 0.4) is 0 Å². The summed E-state index contributed by atoms with van der Waals surface area (Å²) in [5.41, 5.74) is 0. The maximum absolute atomic E-state index is 12.9. The lowest BCUT2D eigenvalue weighted by atomic mass is 10.4. The Kier molecular flexibility index (Phi) is 9.21. The lowest BCUT2D eigenvalue weighted by Crippen LogP contribution is -2.55. The van der Waals surface area contributed by atoms with Gasteiger partial charge in [-0.1, -0.05) is 0 Å². The molecule has 0 rings (SSSR count). The number of hydrogen-bond donors (Lipinski definition) is 0. The molecule has 0 spiro atoms. The van der Waals surface area contributed by atoms with Crippen LogP contribution in [-0.4, -0.2) is 66.3 Å². The molecular formula is C10H13F11O4Si. The zero-order valence-electron chi connectivity index (χ0n) is 12.8. The van der Waals surface area contributed by atoms with Crippen LogP contribution >= 0.6 is 0 Å². The van der Waals surface area contributed by atoms with Crippen LogP contribution in [0.2, 0.25) is 0 Å². The van der Waals surface area contributed by atoms with E-state index in [0.29, 0.717) is 0 Å². The first kappa shape index (κ1) is 25.3. The van der Waals surface area contributed by atoms with Gasteiger partial charge in [0.2, 0.25) is 0 Å². The molecule has 0 heterocycles. The number of rotatable bonds is 12. The van der Waals surface area contributed by atoms with Crippen LogP contribution in [0.1, 0.15) is 6.92 Å². The van der Waals surface area contributed by atoms with E-state index in [2.05, 4.69) is 17.7 Å². The second-order valence-corrected chi connectivity index (χ2v) is 6.69. The van der Waals surface area contributed by atoms with E-state index in [9.17, 15) is 48.3 Å². The zero-order valence-corrected chi connectivity index (χ0v) is 13.8. The van der Waals surface area contributed by atoms with Crippen LogP contribution in [0.15, 0.2) is 0 Å². The molecule has 0 fully saturated rings. The van der Waals surface area contributed by atoms with E-state index in [1.165, 1.54) is 0 Å². The second-order valence-electron chi connectivity index (χ2n) is 4.54. The van der Waals surface area contributed by atoms with Crippen molar-refractivity contribution in [1.29, 1.82) is 0 Å².